The summed E-state index contributed by atoms with van der Waals surface area (Å²) in [6.45, 7) is 0. The minimum absolute atomic E-state index is 0.0962. The van der Waals surface area contributed by atoms with Crippen LogP contribution >= 0.6 is 11.3 Å². The Morgan fingerprint density at radius 1 is 1.06 bits per heavy atom. The topological polar surface area (TPSA) is 77.3 Å². The second-order valence-corrected chi connectivity index (χ2v) is 5.23. The summed E-state index contributed by atoms with van der Waals surface area (Å²) in [7, 11) is 0. The molecule has 0 atom stereocenters. The van der Waals surface area contributed by atoms with E-state index >= 15 is 0 Å². The molecule has 0 unspecified atom stereocenters. The number of aromatic nitrogens is 1. The van der Waals surface area contributed by atoms with Gasteiger partial charge in [-0.1, -0.05) is 30.6 Å². The van der Waals surface area contributed by atoms with E-state index in [1.165, 1.54) is 42.7 Å². The third-order valence-electron chi connectivity index (χ3n) is 2.81. The van der Waals surface area contributed by atoms with Gasteiger partial charge in [-0.3, -0.25) is 0 Å². The molecule has 1 aromatic heterocycles. The number of hydrogen-bond acceptors (Lipinski definition) is 3. The van der Waals surface area contributed by atoms with Crippen molar-refractivity contribution < 1.29 is 0 Å². The summed E-state index contributed by atoms with van der Waals surface area (Å²) in [5.74, 6) is 0.0962. The first-order valence-corrected chi connectivity index (χ1v) is 6.65. The van der Waals surface area contributed by atoms with E-state index < -0.39 is 0 Å². The maximum Gasteiger partial charge on any atom is 0.212 e. The normalized spacial score (nSPS) is 16.8. The molecule has 0 saturated carbocycles. The lowest BCUT2D eigenvalue weighted by atomic mass is 10.1. The van der Waals surface area contributed by atoms with Gasteiger partial charge in [0.2, 0.25) is 5.13 Å². The number of aryl methyl sites for hydroxylation is 2. The molecule has 0 amide bonds. The zero-order chi connectivity index (χ0) is 11.4. The monoisotopic (exact) mass is 238 g/mol. The fourth-order valence-corrected chi connectivity index (χ4v) is 3.07. The molecule has 0 spiro atoms. The third-order valence-corrected chi connectivity index (χ3v) is 3.86. The fourth-order valence-electron chi connectivity index (χ4n) is 2.03. The standard InChI is InChI=1S/C11H18N4S/c12-10(13)15-11-14-8-6-4-2-1-3-5-7-9(8)16-11/h1-7H2,(H4,12,13,14,15). The molecule has 1 heterocycles. The summed E-state index contributed by atoms with van der Waals surface area (Å²) in [6.07, 6.45) is 8.70. The van der Waals surface area contributed by atoms with E-state index in [4.69, 9.17) is 11.5 Å². The molecule has 1 aliphatic carbocycles. The molecular weight excluding hydrogens is 220 g/mol. The van der Waals surface area contributed by atoms with Crippen molar-refractivity contribution in [3.8, 4) is 0 Å². The van der Waals surface area contributed by atoms with Gasteiger partial charge < -0.3 is 11.5 Å². The van der Waals surface area contributed by atoms with Crippen LogP contribution in [0.5, 0.6) is 0 Å². The predicted molar refractivity (Wildman–Crippen MR) is 68.1 cm³/mol. The Hall–Kier alpha value is -1.10. The Labute approximate surface area is 99.8 Å². The van der Waals surface area contributed by atoms with Crippen molar-refractivity contribution in [1.82, 2.24) is 4.98 Å². The lowest BCUT2D eigenvalue weighted by Gasteiger charge is -1.96. The third kappa shape index (κ3) is 2.95. The summed E-state index contributed by atoms with van der Waals surface area (Å²) in [6, 6.07) is 0. The van der Waals surface area contributed by atoms with Gasteiger partial charge in [0.05, 0.1) is 5.69 Å². The van der Waals surface area contributed by atoms with E-state index in [-0.39, 0.29) is 5.96 Å². The number of fused-ring (bicyclic) bond motifs is 1. The minimum Gasteiger partial charge on any atom is -0.370 e. The highest BCUT2D eigenvalue weighted by Crippen LogP contribution is 2.29. The van der Waals surface area contributed by atoms with Crippen LogP contribution in [0, 0.1) is 0 Å². The van der Waals surface area contributed by atoms with Crippen LogP contribution in [0.4, 0.5) is 5.13 Å². The van der Waals surface area contributed by atoms with Crippen molar-refractivity contribution in [3.63, 3.8) is 0 Å². The second-order valence-electron chi connectivity index (χ2n) is 4.17. The minimum atomic E-state index is 0.0962. The number of thiazole rings is 1. The van der Waals surface area contributed by atoms with Gasteiger partial charge in [0.15, 0.2) is 5.96 Å². The Morgan fingerprint density at radius 2 is 1.75 bits per heavy atom. The van der Waals surface area contributed by atoms with Crippen LogP contribution in [0.25, 0.3) is 0 Å². The number of aliphatic imine (C=N–C) groups is 1. The lowest BCUT2D eigenvalue weighted by Crippen LogP contribution is -2.21. The maximum atomic E-state index is 5.36. The van der Waals surface area contributed by atoms with Crippen LogP contribution in [0.1, 0.15) is 42.7 Å². The van der Waals surface area contributed by atoms with Crippen LogP contribution in [0.15, 0.2) is 4.99 Å². The van der Waals surface area contributed by atoms with E-state index in [1.807, 2.05) is 0 Å². The molecule has 0 aromatic carbocycles. The number of nitrogens with two attached hydrogens (primary N) is 2. The van der Waals surface area contributed by atoms with Crippen LogP contribution in [0.2, 0.25) is 0 Å². The van der Waals surface area contributed by atoms with Gasteiger partial charge in [0, 0.05) is 4.88 Å². The molecular formula is C11H18N4S. The van der Waals surface area contributed by atoms with E-state index in [1.54, 1.807) is 11.3 Å². The number of rotatable bonds is 1. The zero-order valence-electron chi connectivity index (χ0n) is 9.41. The highest BCUT2D eigenvalue weighted by Gasteiger charge is 2.12. The predicted octanol–water partition coefficient (Wildman–Crippen LogP) is 2.10. The first kappa shape index (κ1) is 11.4. The molecule has 1 aromatic rings. The molecule has 4 N–H and O–H groups in total. The Balaban J connectivity index is 2.19. The van der Waals surface area contributed by atoms with Crippen molar-refractivity contribution in [1.29, 1.82) is 0 Å². The molecule has 4 nitrogen and oxygen atoms in total. The molecule has 0 aliphatic heterocycles. The quantitative estimate of drug-likeness (QED) is 0.581. The Morgan fingerprint density at radius 3 is 2.50 bits per heavy atom. The molecule has 0 radical (unpaired) electrons. The van der Waals surface area contributed by atoms with Crippen LogP contribution in [0.3, 0.4) is 0 Å². The maximum absolute atomic E-state index is 5.36. The molecule has 5 heteroatoms. The summed E-state index contributed by atoms with van der Waals surface area (Å²) < 4.78 is 0. The highest BCUT2D eigenvalue weighted by atomic mass is 32.1. The van der Waals surface area contributed by atoms with Gasteiger partial charge in [-0.05, 0) is 25.7 Å². The van der Waals surface area contributed by atoms with Gasteiger partial charge in [0.25, 0.3) is 0 Å². The smallest absolute Gasteiger partial charge is 0.212 e. The average Bonchev–Trinajstić information content (AvgIpc) is 2.60. The molecule has 88 valence electrons. The van der Waals surface area contributed by atoms with Crippen molar-refractivity contribution in [2.45, 2.75) is 44.9 Å². The SMILES string of the molecule is NC(N)=Nc1nc2c(s1)CCCCCCC2. The van der Waals surface area contributed by atoms with Gasteiger partial charge >= 0.3 is 0 Å². The van der Waals surface area contributed by atoms with Crippen molar-refractivity contribution >= 4 is 22.4 Å². The van der Waals surface area contributed by atoms with Crippen molar-refractivity contribution in [2.75, 3.05) is 0 Å². The zero-order valence-corrected chi connectivity index (χ0v) is 10.2. The largest absolute Gasteiger partial charge is 0.370 e. The Bertz CT molecular complexity index is 354. The van der Waals surface area contributed by atoms with Gasteiger partial charge in [-0.25, -0.2) is 4.98 Å². The number of hydrogen-bond donors (Lipinski definition) is 2. The molecule has 1 aliphatic rings. The summed E-state index contributed by atoms with van der Waals surface area (Å²) in [5, 5.41) is 0.713. The molecule has 0 saturated heterocycles. The summed E-state index contributed by atoms with van der Waals surface area (Å²) >= 11 is 1.64. The van der Waals surface area contributed by atoms with Crippen LogP contribution in [-0.2, 0) is 12.8 Å². The van der Waals surface area contributed by atoms with E-state index in [2.05, 4.69) is 9.98 Å². The highest BCUT2D eigenvalue weighted by molar-refractivity contribution is 7.15. The van der Waals surface area contributed by atoms with Gasteiger partial charge in [-0.2, -0.15) is 4.99 Å². The average molecular weight is 238 g/mol. The van der Waals surface area contributed by atoms with Crippen LogP contribution in [-0.4, -0.2) is 10.9 Å². The Kier molecular flexibility index (Phi) is 3.77. The summed E-state index contributed by atoms with van der Waals surface area (Å²) in [4.78, 5) is 9.91. The first-order chi connectivity index (χ1) is 7.75. The number of guanidine groups is 1. The van der Waals surface area contributed by atoms with Crippen molar-refractivity contribution in [3.05, 3.63) is 10.6 Å². The van der Waals surface area contributed by atoms with Gasteiger partial charge in [-0.15, -0.1) is 0 Å². The van der Waals surface area contributed by atoms with Crippen molar-refractivity contribution in [2.24, 2.45) is 16.5 Å². The second kappa shape index (κ2) is 5.30. The fraction of sp³-hybridized carbons (Fsp3) is 0.636. The molecule has 16 heavy (non-hydrogen) atoms. The first-order valence-electron chi connectivity index (χ1n) is 5.84. The van der Waals surface area contributed by atoms with E-state index in [0.29, 0.717) is 5.13 Å². The molecule has 0 fully saturated rings. The summed E-state index contributed by atoms with van der Waals surface area (Å²) in [5.41, 5.74) is 11.9. The van der Waals surface area contributed by atoms with Gasteiger partial charge in [0.1, 0.15) is 0 Å². The van der Waals surface area contributed by atoms with E-state index in [0.717, 1.165) is 12.8 Å². The van der Waals surface area contributed by atoms with Crippen LogP contribution < -0.4 is 11.5 Å². The molecule has 0 bridgehead atoms. The lowest BCUT2D eigenvalue weighted by molar-refractivity contribution is 0.628. The molecule has 2 rings (SSSR count). The number of nitrogens with zero attached hydrogens (tertiary/aromatic N) is 2. The van der Waals surface area contributed by atoms with E-state index in [9.17, 15) is 0 Å².